The number of fused-ring (bicyclic) bond motifs is 1. The van der Waals surface area contributed by atoms with E-state index in [1.54, 1.807) is 4.90 Å². The molecule has 178 valence electrons. The average molecular weight is 459 g/mol. The van der Waals surface area contributed by atoms with E-state index in [-0.39, 0.29) is 24.5 Å². The molecule has 1 unspecified atom stereocenters. The van der Waals surface area contributed by atoms with Crippen LogP contribution in [0.15, 0.2) is 66.9 Å². The molecule has 1 aliphatic heterocycles. The Labute approximate surface area is 202 Å². The summed E-state index contributed by atoms with van der Waals surface area (Å²) in [5.41, 5.74) is 5.33. The normalized spacial score (nSPS) is 15.0. The van der Waals surface area contributed by atoms with Crippen molar-refractivity contribution in [2.24, 2.45) is 0 Å². The van der Waals surface area contributed by atoms with E-state index in [0.717, 1.165) is 36.3 Å². The van der Waals surface area contributed by atoms with E-state index in [4.69, 9.17) is 0 Å². The zero-order valence-electron chi connectivity index (χ0n) is 20.3. The third-order valence-corrected chi connectivity index (χ3v) is 6.47. The van der Waals surface area contributed by atoms with Gasteiger partial charge in [0.1, 0.15) is 6.54 Å². The van der Waals surface area contributed by atoms with Crippen LogP contribution in [0.5, 0.6) is 0 Å². The quantitative estimate of drug-likeness (QED) is 0.527. The Kier molecular flexibility index (Phi) is 7.36. The van der Waals surface area contributed by atoms with Gasteiger partial charge in [0.2, 0.25) is 5.91 Å². The first-order chi connectivity index (χ1) is 16.5. The molecule has 0 bridgehead atoms. The number of hydrogen-bond donors (Lipinski definition) is 1. The number of rotatable bonds is 7. The van der Waals surface area contributed by atoms with Crippen LogP contribution >= 0.6 is 0 Å². The Hall–Kier alpha value is -3.54. The Balaban J connectivity index is 1.52. The van der Waals surface area contributed by atoms with E-state index in [2.05, 4.69) is 60.3 Å². The fourth-order valence-electron chi connectivity index (χ4n) is 4.55. The highest BCUT2D eigenvalue weighted by Gasteiger charge is 2.33. The van der Waals surface area contributed by atoms with Crippen LogP contribution in [-0.4, -0.2) is 45.9 Å². The number of carbonyl (C=O) groups excluding carboxylic acids is 2. The molecule has 0 saturated heterocycles. The van der Waals surface area contributed by atoms with Gasteiger partial charge in [-0.05, 0) is 55.2 Å². The third kappa shape index (κ3) is 5.16. The molecular formula is C28H34N4O2. The van der Waals surface area contributed by atoms with Gasteiger partial charge in [0.05, 0.1) is 6.04 Å². The first-order valence-corrected chi connectivity index (χ1v) is 12.2. The van der Waals surface area contributed by atoms with Crippen molar-refractivity contribution in [2.75, 3.05) is 25.0 Å². The standard InChI is InChI=1S/C28H34N4O2/c1-4-16-31(28(34)29-24-14-10-22(5-2)11-15-24)20-26(33)32-19-18-30-17-6-7-25(30)27(32)23-12-8-21(3)9-13-23/h6-15,17,27H,4-5,16,18-20H2,1-3H3,(H,29,34). The van der Waals surface area contributed by atoms with E-state index < -0.39 is 0 Å². The minimum atomic E-state index is -0.244. The zero-order chi connectivity index (χ0) is 24.1. The lowest BCUT2D eigenvalue weighted by Gasteiger charge is -2.38. The molecule has 3 amide bonds. The van der Waals surface area contributed by atoms with Gasteiger partial charge in [-0.15, -0.1) is 0 Å². The molecular weight excluding hydrogens is 424 g/mol. The molecule has 2 aromatic carbocycles. The Bertz CT molecular complexity index is 1120. The van der Waals surface area contributed by atoms with Crippen molar-refractivity contribution >= 4 is 17.6 Å². The van der Waals surface area contributed by atoms with Gasteiger partial charge >= 0.3 is 6.03 Å². The highest BCUT2D eigenvalue weighted by molar-refractivity contribution is 5.92. The third-order valence-electron chi connectivity index (χ3n) is 6.47. The van der Waals surface area contributed by atoms with Crippen LogP contribution in [0.3, 0.4) is 0 Å². The molecule has 4 rings (SSSR count). The molecule has 3 aromatic rings. The van der Waals surface area contributed by atoms with Gasteiger partial charge in [0.15, 0.2) is 0 Å². The largest absolute Gasteiger partial charge is 0.348 e. The predicted octanol–water partition coefficient (Wildman–Crippen LogP) is 5.23. The molecule has 6 nitrogen and oxygen atoms in total. The molecule has 1 aromatic heterocycles. The number of carbonyl (C=O) groups is 2. The SMILES string of the molecule is CCCN(CC(=O)N1CCn2cccc2C1c1ccc(C)cc1)C(=O)Nc1ccc(CC)cc1. The number of amides is 3. The molecule has 0 radical (unpaired) electrons. The highest BCUT2D eigenvalue weighted by atomic mass is 16.2. The van der Waals surface area contributed by atoms with Gasteiger partial charge < -0.3 is 19.7 Å². The van der Waals surface area contributed by atoms with Crippen molar-refractivity contribution in [3.05, 3.63) is 89.2 Å². The minimum absolute atomic E-state index is 0.0389. The lowest BCUT2D eigenvalue weighted by atomic mass is 9.98. The van der Waals surface area contributed by atoms with Crippen LogP contribution in [0.25, 0.3) is 0 Å². The van der Waals surface area contributed by atoms with Crippen LogP contribution < -0.4 is 5.32 Å². The molecule has 0 aliphatic carbocycles. The second kappa shape index (κ2) is 10.6. The molecule has 6 heteroatoms. The van der Waals surface area contributed by atoms with Gasteiger partial charge in [-0.3, -0.25) is 4.79 Å². The molecule has 0 fully saturated rings. The fraction of sp³-hybridized carbons (Fsp3) is 0.357. The summed E-state index contributed by atoms with van der Waals surface area (Å²) in [6, 6.07) is 19.9. The average Bonchev–Trinajstić information content (AvgIpc) is 3.33. The second-order valence-electron chi connectivity index (χ2n) is 8.93. The predicted molar refractivity (Wildman–Crippen MR) is 136 cm³/mol. The summed E-state index contributed by atoms with van der Waals surface area (Å²) < 4.78 is 2.21. The lowest BCUT2D eigenvalue weighted by Crippen LogP contribution is -2.48. The molecule has 2 heterocycles. The molecule has 0 saturated carbocycles. The molecule has 1 N–H and O–H groups in total. The summed E-state index contributed by atoms with van der Waals surface area (Å²) in [6.07, 6.45) is 3.80. The van der Waals surface area contributed by atoms with Gasteiger partial charge in [-0.2, -0.15) is 0 Å². The topological polar surface area (TPSA) is 57.6 Å². The summed E-state index contributed by atoms with van der Waals surface area (Å²) in [4.78, 5) is 30.2. The van der Waals surface area contributed by atoms with Crippen molar-refractivity contribution in [1.29, 1.82) is 0 Å². The number of hydrogen-bond acceptors (Lipinski definition) is 2. The van der Waals surface area contributed by atoms with E-state index in [0.29, 0.717) is 13.1 Å². The number of aromatic nitrogens is 1. The monoisotopic (exact) mass is 458 g/mol. The molecule has 0 spiro atoms. The first kappa shape index (κ1) is 23.6. The van der Waals surface area contributed by atoms with E-state index in [1.165, 1.54) is 11.1 Å². The zero-order valence-corrected chi connectivity index (χ0v) is 20.3. The summed E-state index contributed by atoms with van der Waals surface area (Å²) in [5, 5.41) is 2.96. The van der Waals surface area contributed by atoms with Gasteiger partial charge in [-0.25, -0.2) is 4.79 Å². The second-order valence-corrected chi connectivity index (χ2v) is 8.93. The number of urea groups is 1. The Morgan fingerprint density at radius 2 is 1.74 bits per heavy atom. The number of nitrogens with one attached hydrogen (secondary N) is 1. The number of nitrogens with zero attached hydrogens (tertiary/aromatic N) is 3. The van der Waals surface area contributed by atoms with Gasteiger partial charge in [-0.1, -0.05) is 55.8 Å². The lowest BCUT2D eigenvalue weighted by molar-refractivity contribution is -0.134. The van der Waals surface area contributed by atoms with Gasteiger partial charge in [0.25, 0.3) is 0 Å². The van der Waals surface area contributed by atoms with Crippen molar-refractivity contribution in [3.63, 3.8) is 0 Å². The van der Waals surface area contributed by atoms with Crippen molar-refractivity contribution in [3.8, 4) is 0 Å². The van der Waals surface area contributed by atoms with E-state index >= 15 is 0 Å². The maximum atomic E-state index is 13.6. The van der Waals surface area contributed by atoms with E-state index in [1.807, 2.05) is 42.2 Å². The maximum Gasteiger partial charge on any atom is 0.322 e. The molecule has 1 aliphatic rings. The summed E-state index contributed by atoms with van der Waals surface area (Å²) in [5.74, 6) is -0.0389. The minimum Gasteiger partial charge on any atom is -0.348 e. The van der Waals surface area contributed by atoms with Crippen LogP contribution in [-0.2, 0) is 17.8 Å². The van der Waals surface area contributed by atoms with Crippen LogP contribution in [0.4, 0.5) is 10.5 Å². The smallest absolute Gasteiger partial charge is 0.322 e. The van der Waals surface area contributed by atoms with Gasteiger partial charge in [0, 0.05) is 37.2 Å². The Morgan fingerprint density at radius 3 is 2.41 bits per heavy atom. The van der Waals surface area contributed by atoms with Crippen molar-refractivity contribution < 1.29 is 9.59 Å². The van der Waals surface area contributed by atoms with Crippen LogP contribution in [0, 0.1) is 6.92 Å². The summed E-state index contributed by atoms with van der Waals surface area (Å²) in [6.45, 7) is 8.11. The number of anilines is 1. The summed E-state index contributed by atoms with van der Waals surface area (Å²) >= 11 is 0. The first-order valence-electron chi connectivity index (χ1n) is 12.2. The molecule has 1 atom stereocenters. The molecule has 34 heavy (non-hydrogen) atoms. The van der Waals surface area contributed by atoms with Crippen molar-refractivity contribution in [2.45, 2.75) is 46.2 Å². The van der Waals surface area contributed by atoms with Crippen molar-refractivity contribution in [1.82, 2.24) is 14.4 Å². The number of benzene rings is 2. The summed E-state index contributed by atoms with van der Waals surface area (Å²) in [7, 11) is 0. The number of aryl methyl sites for hydroxylation is 2. The van der Waals surface area contributed by atoms with Crippen LogP contribution in [0.2, 0.25) is 0 Å². The Morgan fingerprint density at radius 1 is 1.00 bits per heavy atom. The van der Waals surface area contributed by atoms with E-state index in [9.17, 15) is 9.59 Å². The maximum absolute atomic E-state index is 13.6. The fourth-order valence-corrected chi connectivity index (χ4v) is 4.55. The van der Waals surface area contributed by atoms with Crippen LogP contribution in [0.1, 0.15) is 48.7 Å². The highest BCUT2D eigenvalue weighted by Crippen LogP contribution is 2.32.